The van der Waals surface area contributed by atoms with Crippen molar-refractivity contribution >= 4 is 29.5 Å². The van der Waals surface area contributed by atoms with Gasteiger partial charge in [0, 0.05) is 10.9 Å². The minimum absolute atomic E-state index is 0.0584. The van der Waals surface area contributed by atoms with Gasteiger partial charge in [-0.2, -0.15) is 0 Å². The van der Waals surface area contributed by atoms with Crippen LogP contribution in [0.3, 0.4) is 0 Å². The topological polar surface area (TPSA) is 95.5 Å². The number of thioether (sulfide) groups is 1. The molecule has 1 aromatic rings. The summed E-state index contributed by atoms with van der Waals surface area (Å²) in [6.07, 6.45) is 0. The Morgan fingerprint density at radius 2 is 1.77 bits per heavy atom. The predicted octanol–water partition coefficient (Wildman–Crippen LogP) is 1.51. The molecule has 3 N–H and O–H groups in total. The molecule has 0 radical (unpaired) electrons. The van der Waals surface area contributed by atoms with E-state index in [1.807, 2.05) is 13.8 Å². The average Bonchev–Trinajstić information content (AvgIpc) is 2.44. The van der Waals surface area contributed by atoms with Gasteiger partial charge in [0.1, 0.15) is 6.04 Å². The average molecular weight is 324 g/mol. The lowest BCUT2D eigenvalue weighted by Crippen LogP contribution is -2.38. The van der Waals surface area contributed by atoms with E-state index in [1.54, 1.807) is 24.3 Å². The van der Waals surface area contributed by atoms with Gasteiger partial charge in [0.15, 0.2) is 0 Å². The van der Waals surface area contributed by atoms with Crippen molar-refractivity contribution in [3.05, 3.63) is 29.8 Å². The van der Waals surface area contributed by atoms with E-state index in [9.17, 15) is 14.4 Å². The van der Waals surface area contributed by atoms with E-state index in [0.717, 1.165) is 0 Å². The predicted molar refractivity (Wildman–Crippen MR) is 85.0 cm³/mol. The van der Waals surface area contributed by atoms with E-state index in [-0.39, 0.29) is 17.7 Å². The Morgan fingerprint density at radius 3 is 2.36 bits per heavy atom. The maximum Gasteiger partial charge on any atom is 0.325 e. The van der Waals surface area contributed by atoms with Gasteiger partial charge in [-0.1, -0.05) is 12.1 Å². The van der Waals surface area contributed by atoms with Gasteiger partial charge in [0.2, 0.25) is 5.91 Å². The van der Waals surface area contributed by atoms with Crippen molar-refractivity contribution < 1.29 is 19.5 Å². The number of rotatable bonds is 7. The third kappa shape index (κ3) is 5.77. The lowest BCUT2D eigenvalue weighted by molar-refractivity contribution is -0.138. The molecule has 7 heteroatoms. The molecule has 120 valence electrons. The highest BCUT2D eigenvalue weighted by Crippen LogP contribution is 2.22. The van der Waals surface area contributed by atoms with Gasteiger partial charge >= 0.3 is 5.97 Å². The van der Waals surface area contributed by atoms with Crippen LogP contribution in [0, 0.1) is 0 Å². The number of nitrogens with one attached hydrogen (secondary N) is 2. The molecule has 0 fully saturated rings. The van der Waals surface area contributed by atoms with Gasteiger partial charge in [-0.3, -0.25) is 14.4 Å². The molecule has 0 heterocycles. The molecule has 0 aliphatic heterocycles. The van der Waals surface area contributed by atoms with E-state index in [1.165, 1.54) is 18.7 Å². The molecular weight excluding hydrogens is 304 g/mol. The van der Waals surface area contributed by atoms with Crippen LogP contribution in [0.25, 0.3) is 0 Å². The Morgan fingerprint density at radius 1 is 1.14 bits per heavy atom. The molecule has 0 saturated heterocycles. The summed E-state index contributed by atoms with van der Waals surface area (Å²) in [5.41, 5.74) is 0.359. The lowest BCUT2D eigenvalue weighted by atomic mass is 10.2. The highest BCUT2D eigenvalue weighted by Gasteiger charge is 2.18. The van der Waals surface area contributed by atoms with Crippen LogP contribution in [0.1, 0.15) is 31.1 Å². The van der Waals surface area contributed by atoms with Gasteiger partial charge < -0.3 is 15.7 Å². The standard InChI is InChI=1S/C15H20N2O4S/c1-9(2)16-13(18)8-22-12-7-5-4-6-11(12)14(19)17-10(3)15(20)21/h4-7,9-10H,8H2,1-3H3,(H,16,18)(H,17,19)(H,20,21)/t10-/m1/s1. The maximum atomic E-state index is 12.1. The first-order valence-electron chi connectivity index (χ1n) is 6.86. The van der Waals surface area contributed by atoms with Crippen molar-refractivity contribution in [3.63, 3.8) is 0 Å². The van der Waals surface area contributed by atoms with Gasteiger partial charge in [-0.25, -0.2) is 0 Å². The maximum absolute atomic E-state index is 12.1. The van der Waals surface area contributed by atoms with Crippen LogP contribution in [-0.4, -0.2) is 40.7 Å². The molecule has 0 aliphatic carbocycles. The molecule has 0 spiro atoms. The van der Waals surface area contributed by atoms with Crippen LogP contribution < -0.4 is 10.6 Å². The summed E-state index contributed by atoms with van der Waals surface area (Å²) in [6.45, 7) is 5.14. The van der Waals surface area contributed by atoms with Crippen LogP contribution in [0.15, 0.2) is 29.2 Å². The number of carboxylic acids is 1. The molecule has 1 aromatic carbocycles. The summed E-state index contributed by atoms with van der Waals surface area (Å²) in [5, 5.41) is 14.0. The zero-order valence-corrected chi connectivity index (χ0v) is 13.6. The Balaban J connectivity index is 2.75. The molecule has 2 amide bonds. The minimum atomic E-state index is -1.10. The van der Waals surface area contributed by atoms with Crippen LogP contribution >= 0.6 is 11.8 Å². The smallest absolute Gasteiger partial charge is 0.325 e. The highest BCUT2D eigenvalue weighted by molar-refractivity contribution is 8.00. The minimum Gasteiger partial charge on any atom is -0.480 e. The lowest BCUT2D eigenvalue weighted by Gasteiger charge is -2.13. The van der Waals surface area contributed by atoms with E-state index in [4.69, 9.17) is 5.11 Å². The van der Waals surface area contributed by atoms with E-state index >= 15 is 0 Å². The quantitative estimate of drug-likeness (QED) is 0.661. The van der Waals surface area contributed by atoms with Gasteiger partial charge in [-0.15, -0.1) is 11.8 Å². The SMILES string of the molecule is CC(C)NC(=O)CSc1ccccc1C(=O)N[C@H](C)C(=O)O. The fraction of sp³-hybridized carbons (Fsp3) is 0.400. The Labute approximate surface area is 133 Å². The van der Waals surface area contributed by atoms with E-state index in [0.29, 0.717) is 10.5 Å². The Bertz CT molecular complexity index is 560. The van der Waals surface area contributed by atoms with Crippen LogP contribution in [0.5, 0.6) is 0 Å². The number of hydrogen-bond donors (Lipinski definition) is 3. The second-order valence-electron chi connectivity index (χ2n) is 5.04. The third-order valence-corrected chi connectivity index (χ3v) is 3.73. The molecule has 22 heavy (non-hydrogen) atoms. The summed E-state index contributed by atoms with van der Waals surface area (Å²) in [4.78, 5) is 35.2. The molecule has 0 bridgehead atoms. The molecule has 0 unspecified atom stereocenters. The molecule has 0 saturated carbocycles. The van der Waals surface area contributed by atoms with Crippen molar-refractivity contribution in [1.29, 1.82) is 0 Å². The van der Waals surface area contributed by atoms with Crippen molar-refractivity contribution in [2.45, 2.75) is 37.8 Å². The Hall–Kier alpha value is -2.02. The first kappa shape index (κ1) is 18.0. The van der Waals surface area contributed by atoms with E-state index < -0.39 is 17.9 Å². The highest BCUT2D eigenvalue weighted by atomic mass is 32.2. The molecular formula is C15H20N2O4S. The largest absolute Gasteiger partial charge is 0.480 e. The first-order valence-corrected chi connectivity index (χ1v) is 7.84. The summed E-state index contributed by atoms with van der Waals surface area (Å²) < 4.78 is 0. The number of carbonyl (C=O) groups excluding carboxylic acids is 2. The number of aliphatic carboxylic acids is 1. The molecule has 6 nitrogen and oxygen atoms in total. The Kier molecular flexibility index (Phi) is 6.91. The van der Waals surface area contributed by atoms with Crippen molar-refractivity contribution in [1.82, 2.24) is 10.6 Å². The second kappa shape index (κ2) is 8.43. The molecule has 0 aromatic heterocycles. The summed E-state index contributed by atoms with van der Waals surface area (Å²) in [5.74, 6) is -1.50. The summed E-state index contributed by atoms with van der Waals surface area (Å²) >= 11 is 1.24. The summed E-state index contributed by atoms with van der Waals surface area (Å²) in [6, 6.07) is 5.87. The third-order valence-electron chi connectivity index (χ3n) is 2.66. The van der Waals surface area contributed by atoms with E-state index in [2.05, 4.69) is 10.6 Å². The van der Waals surface area contributed by atoms with Crippen LogP contribution in [0.4, 0.5) is 0 Å². The second-order valence-corrected chi connectivity index (χ2v) is 6.06. The number of amides is 2. The first-order chi connectivity index (χ1) is 10.3. The monoisotopic (exact) mass is 324 g/mol. The number of benzene rings is 1. The van der Waals surface area contributed by atoms with Crippen molar-refractivity contribution in [3.8, 4) is 0 Å². The van der Waals surface area contributed by atoms with Gasteiger partial charge in [-0.05, 0) is 32.9 Å². The normalized spacial score (nSPS) is 11.8. The number of hydrogen-bond acceptors (Lipinski definition) is 4. The zero-order chi connectivity index (χ0) is 16.7. The molecule has 1 atom stereocenters. The van der Waals surface area contributed by atoms with Crippen LogP contribution in [-0.2, 0) is 9.59 Å². The van der Waals surface area contributed by atoms with Crippen molar-refractivity contribution in [2.75, 3.05) is 5.75 Å². The number of carboxylic acid groups (broad SMARTS) is 1. The van der Waals surface area contributed by atoms with Gasteiger partial charge in [0.25, 0.3) is 5.91 Å². The fourth-order valence-corrected chi connectivity index (χ4v) is 2.48. The summed E-state index contributed by atoms with van der Waals surface area (Å²) in [7, 11) is 0. The molecule has 0 aliphatic rings. The zero-order valence-electron chi connectivity index (χ0n) is 12.8. The fourth-order valence-electron chi connectivity index (χ4n) is 1.62. The van der Waals surface area contributed by atoms with Crippen molar-refractivity contribution in [2.24, 2.45) is 0 Å². The van der Waals surface area contributed by atoms with Gasteiger partial charge in [0.05, 0.1) is 11.3 Å². The molecule has 1 rings (SSSR count). The van der Waals surface area contributed by atoms with Crippen LogP contribution in [0.2, 0.25) is 0 Å². The number of carbonyl (C=O) groups is 3.